The fourth-order valence-electron chi connectivity index (χ4n) is 1.87. The van der Waals surface area contributed by atoms with Gasteiger partial charge >= 0.3 is 0 Å². The summed E-state index contributed by atoms with van der Waals surface area (Å²) in [4.78, 5) is 4.12. The van der Waals surface area contributed by atoms with E-state index >= 15 is 0 Å². The van der Waals surface area contributed by atoms with Gasteiger partial charge in [0.15, 0.2) is 0 Å². The van der Waals surface area contributed by atoms with Crippen molar-refractivity contribution in [2.24, 2.45) is 0 Å². The third-order valence-corrected chi connectivity index (χ3v) is 2.72. The molecular weight excluding hydrogens is 243 g/mol. The first kappa shape index (κ1) is 13.5. The van der Waals surface area contributed by atoms with Gasteiger partial charge in [-0.25, -0.2) is 4.39 Å². The van der Waals surface area contributed by atoms with Crippen LogP contribution in [0.25, 0.3) is 0 Å². The second-order valence-corrected chi connectivity index (χ2v) is 4.44. The minimum absolute atomic E-state index is 0.255. The molecule has 0 spiro atoms. The molecular formula is C15H17FN2O. The number of nitrogens with one attached hydrogen (secondary N) is 1. The van der Waals surface area contributed by atoms with Crippen LogP contribution in [0.4, 0.5) is 4.39 Å². The fourth-order valence-corrected chi connectivity index (χ4v) is 1.87. The number of rotatable bonds is 5. The monoisotopic (exact) mass is 260 g/mol. The van der Waals surface area contributed by atoms with Crippen LogP contribution in [0.3, 0.4) is 0 Å². The van der Waals surface area contributed by atoms with E-state index < -0.39 is 0 Å². The Kier molecular flexibility index (Phi) is 4.47. The minimum atomic E-state index is -0.255. The molecule has 0 fully saturated rings. The molecule has 4 heteroatoms. The lowest BCUT2D eigenvalue weighted by atomic mass is 10.2. The standard InChI is InChI=1S/C15H17FN2O/c1-11-5-12(8-18-7-11)10-19-15-4-3-14(16)6-13(15)9-17-2/h3-8,17H,9-10H2,1-2H3. The molecule has 0 amide bonds. The Morgan fingerprint density at radius 2 is 2.11 bits per heavy atom. The molecule has 0 saturated heterocycles. The van der Waals surface area contributed by atoms with Gasteiger partial charge in [0.25, 0.3) is 0 Å². The molecule has 0 aliphatic heterocycles. The average molecular weight is 260 g/mol. The number of nitrogens with zero attached hydrogens (tertiary/aromatic N) is 1. The zero-order valence-electron chi connectivity index (χ0n) is 11.1. The lowest BCUT2D eigenvalue weighted by Gasteiger charge is -2.11. The van der Waals surface area contributed by atoms with Gasteiger partial charge in [-0.3, -0.25) is 4.98 Å². The third-order valence-electron chi connectivity index (χ3n) is 2.72. The second-order valence-electron chi connectivity index (χ2n) is 4.44. The molecule has 1 aromatic carbocycles. The molecule has 2 rings (SSSR count). The number of hydrogen-bond acceptors (Lipinski definition) is 3. The Labute approximate surface area is 112 Å². The molecule has 0 saturated carbocycles. The van der Waals surface area contributed by atoms with E-state index in [0.29, 0.717) is 18.9 Å². The summed E-state index contributed by atoms with van der Waals surface area (Å²) in [6.07, 6.45) is 3.57. The van der Waals surface area contributed by atoms with Crippen LogP contribution in [0, 0.1) is 12.7 Å². The molecule has 0 bridgehead atoms. The summed E-state index contributed by atoms with van der Waals surface area (Å²) in [6.45, 7) is 2.98. The van der Waals surface area contributed by atoms with Crippen LogP contribution in [0.15, 0.2) is 36.7 Å². The number of aryl methyl sites for hydroxylation is 1. The van der Waals surface area contributed by atoms with Crippen molar-refractivity contribution in [1.82, 2.24) is 10.3 Å². The Morgan fingerprint density at radius 1 is 1.26 bits per heavy atom. The van der Waals surface area contributed by atoms with Gasteiger partial charge < -0.3 is 10.1 Å². The lowest BCUT2D eigenvalue weighted by molar-refractivity contribution is 0.301. The zero-order chi connectivity index (χ0) is 13.7. The molecule has 0 aliphatic carbocycles. The van der Waals surface area contributed by atoms with E-state index in [0.717, 1.165) is 16.7 Å². The van der Waals surface area contributed by atoms with Crippen LogP contribution in [0.5, 0.6) is 5.75 Å². The number of benzene rings is 1. The largest absolute Gasteiger partial charge is 0.489 e. The minimum Gasteiger partial charge on any atom is -0.489 e. The Hall–Kier alpha value is -1.94. The molecule has 0 unspecified atom stereocenters. The fraction of sp³-hybridized carbons (Fsp3) is 0.267. The second kappa shape index (κ2) is 6.29. The highest BCUT2D eigenvalue weighted by Gasteiger charge is 2.05. The highest BCUT2D eigenvalue weighted by molar-refractivity contribution is 5.34. The van der Waals surface area contributed by atoms with Gasteiger partial charge in [0.1, 0.15) is 18.2 Å². The van der Waals surface area contributed by atoms with Crippen LogP contribution in [-0.4, -0.2) is 12.0 Å². The number of halogens is 1. The number of ether oxygens (including phenoxy) is 1. The maximum Gasteiger partial charge on any atom is 0.124 e. The molecule has 100 valence electrons. The maximum atomic E-state index is 13.2. The molecule has 3 nitrogen and oxygen atoms in total. The van der Waals surface area contributed by atoms with Gasteiger partial charge in [0.05, 0.1) is 0 Å². The van der Waals surface area contributed by atoms with E-state index in [4.69, 9.17) is 4.74 Å². The first-order valence-electron chi connectivity index (χ1n) is 6.15. The Morgan fingerprint density at radius 3 is 2.84 bits per heavy atom. The van der Waals surface area contributed by atoms with Crippen LogP contribution in [0.1, 0.15) is 16.7 Å². The number of aromatic nitrogens is 1. The summed E-state index contributed by atoms with van der Waals surface area (Å²) in [7, 11) is 1.82. The number of hydrogen-bond donors (Lipinski definition) is 1. The highest BCUT2D eigenvalue weighted by atomic mass is 19.1. The van der Waals surface area contributed by atoms with Crippen molar-refractivity contribution in [3.63, 3.8) is 0 Å². The lowest BCUT2D eigenvalue weighted by Crippen LogP contribution is -2.08. The van der Waals surface area contributed by atoms with Gasteiger partial charge in [-0.1, -0.05) is 0 Å². The summed E-state index contributed by atoms with van der Waals surface area (Å²) in [5, 5.41) is 3.00. The predicted molar refractivity (Wildman–Crippen MR) is 72.5 cm³/mol. The highest BCUT2D eigenvalue weighted by Crippen LogP contribution is 2.20. The van der Waals surface area contributed by atoms with Crippen molar-refractivity contribution in [3.05, 3.63) is 59.2 Å². The topological polar surface area (TPSA) is 34.1 Å². The molecule has 1 aromatic heterocycles. The molecule has 0 aliphatic rings. The van der Waals surface area contributed by atoms with Crippen molar-refractivity contribution in [2.45, 2.75) is 20.1 Å². The average Bonchev–Trinajstić information content (AvgIpc) is 2.38. The van der Waals surface area contributed by atoms with Gasteiger partial charge in [-0.15, -0.1) is 0 Å². The first-order chi connectivity index (χ1) is 9.19. The first-order valence-corrected chi connectivity index (χ1v) is 6.15. The van der Waals surface area contributed by atoms with E-state index in [1.54, 1.807) is 18.5 Å². The molecule has 0 radical (unpaired) electrons. The molecule has 19 heavy (non-hydrogen) atoms. The molecule has 0 atom stereocenters. The van der Waals surface area contributed by atoms with E-state index in [2.05, 4.69) is 10.3 Å². The third kappa shape index (κ3) is 3.76. The van der Waals surface area contributed by atoms with Crippen LogP contribution < -0.4 is 10.1 Å². The zero-order valence-corrected chi connectivity index (χ0v) is 11.1. The van der Waals surface area contributed by atoms with Crippen LogP contribution in [0.2, 0.25) is 0 Å². The Bertz CT molecular complexity index is 558. The smallest absolute Gasteiger partial charge is 0.124 e. The van der Waals surface area contributed by atoms with Crippen molar-refractivity contribution >= 4 is 0 Å². The summed E-state index contributed by atoms with van der Waals surface area (Å²) in [5.41, 5.74) is 2.90. The van der Waals surface area contributed by atoms with Crippen LogP contribution in [-0.2, 0) is 13.2 Å². The summed E-state index contributed by atoms with van der Waals surface area (Å²) in [5.74, 6) is 0.437. The predicted octanol–water partition coefficient (Wildman–Crippen LogP) is 2.83. The summed E-state index contributed by atoms with van der Waals surface area (Å²) >= 11 is 0. The SMILES string of the molecule is CNCc1cc(F)ccc1OCc1cncc(C)c1. The summed E-state index contributed by atoms with van der Waals surface area (Å²) in [6, 6.07) is 6.57. The van der Waals surface area contributed by atoms with Gasteiger partial charge in [-0.2, -0.15) is 0 Å². The summed E-state index contributed by atoms with van der Waals surface area (Å²) < 4.78 is 18.9. The van der Waals surface area contributed by atoms with Crippen LogP contribution >= 0.6 is 0 Å². The van der Waals surface area contributed by atoms with E-state index in [-0.39, 0.29) is 5.82 Å². The van der Waals surface area contributed by atoms with Crippen molar-refractivity contribution in [2.75, 3.05) is 7.05 Å². The van der Waals surface area contributed by atoms with Crippen molar-refractivity contribution in [1.29, 1.82) is 0 Å². The van der Waals surface area contributed by atoms with Gasteiger partial charge in [0, 0.05) is 30.1 Å². The normalized spacial score (nSPS) is 10.5. The van der Waals surface area contributed by atoms with Gasteiger partial charge in [-0.05, 0) is 43.8 Å². The molecule has 2 aromatic rings. The van der Waals surface area contributed by atoms with Crippen molar-refractivity contribution in [3.8, 4) is 5.75 Å². The van der Waals surface area contributed by atoms with Gasteiger partial charge in [0.2, 0.25) is 0 Å². The number of pyridine rings is 1. The maximum absolute atomic E-state index is 13.2. The Balaban J connectivity index is 2.10. The molecule has 1 N–H and O–H groups in total. The quantitative estimate of drug-likeness (QED) is 0.897. The van der Waals surface area contributed by atoms with E-state index in [9.17, 15) is 4.39 Å². The van der Waals surface area contributed by atoms with E-state index in [1.165, 1.54) is 12.1 Å². The van der Waals surface area contributed by atoms with E-state index in [1.807, 2.05) is 20.0 Å². The molecule has 1 heterocycles. The van der Waals surface area contributed by atoms with Crippen molar-refractivity contribution < 1.29 is 9.13 Å².